The van der Waals surface area contributed by atoms with Crippen molar-refractivity contribution in [1.82, 2.24) is 0 Å². The molecule has 2 saturated heterocycles. The van der Waals surface area contributed by atoms with Crippen molar-refractivity contribution in [2.24, 2.45) is 0 Å². The first kappa shape index (κ1) is 41.7. The second-order valence-electron chi connectivity index (χ2n) is 10.6. The molecule has 0 aliphatic carbocycles. The highest BCUT2D eigenvalue weighted by Crippen LogP contribution is 2.35. The summed E-state index contributed by atoms with van der Waals surface area (Å²) < 4.78 is 106. The number of rotatable bonds is 14. The van der Waals surface area contributed by atoms with Crippen LogP contribution in [0.4, 0.5) is 0 Å². The number of carbonyl (C=O) groups excluding carboxylic acids is 6. The van der Waals surface area contributed by atoms with Gasteiger partial charge in [-0.3, -0.25) is 37.1 Å². The van der Waals surface area contributed by atoms with Crippen LogP contribution in [-0.4, -0.2) is 140 Å². The summed E-state index contributed by atoms with van der Waals surface area (Å²) in [6.07, 6.45) is -16.4. The summed E-state index contributed by atoms with van der Waals surface area (Å²) in [7, 11) is -8.33. The zero-order chi connectivity index (χ0) is 37.4. The summed E-state index contributed by atoms with van der Waals surface area (Å²) in [5.41, 5.74) is 0. The molecule has 2 aliphatic rings. The van der Waals surface area contributed by atoms with E-state index in [-0.39, 0.29) is 0 Å². The highest BCUT2D eigenvalue weighted by molar-refractivity contribution is 7.86. The maximum Gasteiger partial charge on any atom is 0.303 e. The first-order valence-corrected chi connectivity index (χ1v) is 17.8. The molecule has 0 spiro atoms. The van der Waals surface area contributed by atoms with E-state index in [1.807, 2.05) is 0 Å². The van der Waals surface area contributed by atoms with E-state index < -0.39 is 131 Å². The van der Waals surface area contributed by atoms with Gasteiger partial charge in [-0.1, -0.05) is 0 Å². The topological polar surface area (TPSA) is 272 Å². The van der Waals surface area contributed by atoms with Gasteiger partial charge in [0, 0.05) is 41.5 Å². The Balaban J connectivity index is 2.74. The maximum atomic E-state index is 12.2. The third-order valence-corrected chi connectivity index (χ3v) is 7.28. The van der Waals surface area contributed by atoms with Crippen LogP contribution in [0.5, 0.6) is 0 Å². The summed E-state index contributed by atoms with van der Waals surface area (Å²) in [5.74, 6) is -5.94. The van der Waals surface area contributed by atoms with Crippen molar-refractivity contribution in [1.29, 1.82) is 0 Å². The molecule has 0 amide bonds. The van der Waals surface area contributed by atoms with Crippen molar-refractivity contribution >= 4 is 56.1 Å². The molecule has 10 atom stereocenters. The second-order valence-corrected chi connectivity index (χ2v) is 13.9. The van der Waals surface area contributed by atoms with Crippen LogP contribution in [0.2, 0.25) is 0 Å². The highest BCUT2D eigenvalue weighted by Gasteiger charge is 2.57. The van der Waals surface area contributed by atoms with Crippen molar-refractivity contribution in [3.8, 4) is 0 Å². The average Bonchev–Trinajstić information content (AvgIpc) is 2.90. The van der Waals surface area contributed by atoms with E-state index in [2.05, 4.69) is 0 Å². The predicted octanol–water partition coefficient (Wildman–Crippen LogP) is -2.00. The van der Waals surface area contributed by atoms with E-state index in [0.29, 0.717) is 12.5 Å². The van der Waals surface area contributed by atoms with E-state index >= 15 is 0 Å². The summed E-state index contributed by atoms with van der Waals surface area (Å²) >= 11 is 0. The van der Waals surface area contributed by atoms with Gasteiger partial charge in [0.25, 0.3) is 20.2 Å². The molecule has 0 aromatic carbocycles. The van der Waals surface area contributed by atoms with Gasteiger partial charge in [0.1, 0.15) is 12.2 Å². The molecule has 0 bridgehead atoms. The molecule has 0 N–H and O–H groups in total. The monoisotopic (exact) mass is 750 g/mol. The third kappa shape index (κ3) is 13.7. The average molecular weight is 751 g/mol. The Morgan fingerprint density at radius 2 is 0.694 bits per heavy atom. The largest absolute Gasteiger partial charge is 0.456 e. The van der Waals surface area contributed by atoms with Crippen molar-refractivity contribution < 1.29 is 96.6 Å². The van der Waals surface area contributed by atoms with Gasteiger partial charge in [0.05, 0.1) is 25.7 Å². The van der Waals surface area contributed by atoms with Crippen molar-refractivity contribution in [2.45, 2.75) is 103 Å². The predicted molar refractivity (Wildman–Crippen MR) is 153 cm³/mol. The number of carbonyl (C=O) groups is 6. The van der Waals surface area contributed by atoms with Gasteiger partial charge < -0.3 is 42.6 Å². The van der Waals surface area contributed by atoms with Crippen molar-refractivity contribution in [2.75, 3.05) is 25.7 Å². The first-order chi connectivity index (χ1) is 22.5. The molecular weight excluding hydrogens is 712 g/mol. The molecule has 0 aromatic heterocycles. The molecule has 49 heavy (non-hydrogen) atoms. The summed E-state index contributed by atoms with van der Waals surface area (Å²) in [6, 6.07) is 0. The molecule has 0 aromatic rings. The van der Waals surface area contributed by atoms with Crippen LogP contribution in [0, 0.1) is 0 Å². The molecule has 2 heterocycles. The van der Waals surface area contributed by atoms with Crippen LogP contribution >= 0.6 is 0 Å². The molecule has 21 nitrogen and oxygen atoms in total. The Morgan fingerprint density at radius 1 is 0.449 bits per heavy atom. The Labute approximate surface area is 281 Å². The van der Waals surface area contributed by atoms with Crippen LogP contribution in [0.15, 0.2) is 0 Å². The Morgan fingerprint density at radius 3 is 0.939 bits per heavy atom. The normalized spacial score (nSPS) is 30.3. The minimum atomic E-state index is -4.17. The number of esters is 6. The van der Waals surface area contributed by atoms with Gasteiger partial charge in [0.2, 0.25) is 12.6 Å². The minimum absolute atomic E-state index is 0.697. The van der Waals surface area contributed by atoms with E-state index in [1.165, 1.54) is 0 Å². The van der Waals surface area contributed by atoms with Crippen LogP contribution in [-0.2, 0) is 100 Å². The zero-order valence-electron chi connectivity index (χ0n) is 27.6. The standard InChI is InChI=1S/C26H38O21S2/c1-11(27)39-19-17(9-37-48(7,33)34)45-25(23(43-15(5)31)21(19)41-13(3)29)47-26-24(44-16(6)32)22(42-14(4)30)20(40-12(2)28)18(46-26)10-38-49(8,35)36/h17-26H,9-10H2,1-8H3/t17-,18-,19-,20-,21+,22+,23-,24-,25+,26+/m0/s1. The van der Waals surface area contributed by atoms with Gasteiger partial charge in [0.15, 0.2) is 36.6 Å². The van der Waals surface area contributed by atoms with E-state index in [4.69, 9.17) is 51.0 Å². The van der Waals surface area contributed by atoms with Gasteiger partial charge in [-0.2, -0.15) is 16.8 Å². The third-order valence-electron chi connectivity index (χ3n) is 6.16. The fraction of sp³-hybridized carbons (Fsp3) is 0.769. The van der Waals surface area contributed by atoms with Gasteiger partial charge in [-0.05, 0) is 0 Å². The SMILES string of the molecule is CC(=O)O[C@H]1[C@H](OC(C)=O)[C@@H](O[C@H]2O[C@@H](COS(C)(=O)=O)[C@H](OC(C)=O)[C@@H](OC(C)=O)[C@@H]2OC(C)=O)O[C@@H](COS(C)(=O)=O)[C@@H]1OC(C)=O. The lowest BCUT2D eigenvalue weighted by atomic mass is 9.97. The molecular formula is C26H38O21S2. The lowest BCUT2D eigenvalue weighted by Crippen LogP contribution is -2.66. The van der Waals surface area contributed by atoms with Gasteiger partial charge >= 0.3 is 35.8 Å². The lowest BCUT2D eigenvalue weighted by molar-refractivity contribution is -0.376. The second kappa shape index (κ2) is 17.4. The fourth-order valence-electron chi connectivity index (χ4n) is 4.71. The molecule has 2 aliphatic heterocycles. The van der Waals surface area contributed by atoms with Crippen LogP contribution in [0.3, 0.4) is 0 Å². The minimum Gasteiger partial charge on any atom is -0.456 e. The van der Waals surface area contributed by atoms with E-state index in [9.17, 15) is 45.6 Å². The number of hydrogen-bond donors (Lipinski definition) is 0. The van der Waals surface area contributed by atoms with Gasteiger partial charge in [-0.25, -0.2) is 0 Å². The Kier molecular flexibility index (Phi) is 14.8. The molecule has 2 fully saturated rings. The lowest BCUT2D eigenvalue weighted by Gasteiger charge is -2.48. The zero-order valence-corrected chi connectivity index (χ0v) is 29.2. The molecule has 280 valence electrons. The molecule has 0 radical (unpaired) electrons. The maximum absolute atomic E-state index is 12.2. The fourth-order valence-corrected chi connectivity index (χ4v) is 5.47. The molecule has 23 heteroatoms. The quantitative estimate of drug-likeness (QED) is 0.105. The van der Waals surface area contributed by atoms with Crippen molar-refractivity contribution in [3.63, 3.8) is 0 Å². The molecule has 2 rings (SSSR count). The number of hydrogen-bond acceptors (Lipinski definition) is 21. The summed E-state index contributed by atoms with van der Waals surface area (Å²) in [6.45, 7) is 3.97. The number of ether oxygens (including phenoxy) is 9. The molecule has 0 unspecified atom stereocenters. The summed E-state index contributed by atoms with van der Waals surface area (Å²) in [4.78, 5) is 73.0. The smallest absolute Gasteiger partial charge is 0.303 e. The first-order valence-electron chi connectivity index (χ1n) is 14.2. The van der Waals surface area contributed by atoms with E-state index in [0.717, 1.165) is 41.5 Å². The van der Waals surface area contributed by atoms with E-state index in [1.54, 1.807) is 0 Å². The van der Waals surface area contributed by atoms with Crippen LogP contribution < -0.4 is 0 Å². The van der Waals surface area contributed by atoms with Gasteiger partial charge in [-0.15, -0.1) is 0 Å². The Hall–Kier alpha value is -3.48. The highest BCUT2D eigenvalue weighted by atomic mass is 32.2. The molecule has 0 saturated carbocycles. The van der Waals surface area contributed by atoms with Crippen molar-refractivity contribution in [3.05, 3.63) is 0 Å². The van der Waals surface area contributed by atoms with Crippen LogP contribution in [0.25, 0.3) is 0 Å². The van der Waals surface area contributed by atoms with Crippen LogP contribution in [0.1, 0.15) is 41.5 Å². The summed E-state index contributed by atoms with van der Waals surface area (Å²) in [5, 5.41) is 0. The Bertz CT molecular complexity index is 1350.